The highest BCUT2D eigenvalue weighted by atomic mass is 35.5. The maximum absolute atomic E-state index is 12.1. The molecule has 20 heavy (non-hydrogen) atoms. The summed E-state index contributed by atoms with van der Waals surface area (Å²) in [5.41, 5.74) is -0.923. The molecule has 1 rings (SSSR count). The van der Waals surface area contributed by atoms with Gasteiger partial charge >= 0.3 is 5.97 Å². The van der Waals surface area contributed by atoms with E-state index in [-0.39, 0.29) is 13.2 Å². The van der Waals surface area contributed by atoms with Gasteiger partial charge in [-0.15, -0.1) is 0 Å². The molecule has 0 radical (unpaired) electrons. The zero-order valence-electron chi connectivity index (χ0n) is 11.9. The summed E-state index contributed by atoms with van der Waals surface area (Å²) in [5.74, 6) is -1.18. The topological polar surface area (TPSA) is 52.6 Å². The van der Waals surface area contributed by atoms with Crippen LogP contribution in [0.1, 0.15) is 26.3 Å². The van der Waals surface area contributed by atoms with Crippen LogP contribution in [0.5, 0.6) is 0 Å². The number of esters is 1. The Morgan fingerprint density at radius 3 is 2.30 bits per heavy atom. The summed E-state index contributed by atoms with van der Waals surface area (Å²) in [4.78, 5) is 23.9. The Labute approximate surface area is 124 Å². The van der Waals surface area contributed by atoms with Gasteiger partial charge < -0.3 is 9.47 Å². The van der Waals surface area contributed by atoms with E-state index < -0.39 is 22.7 Å². The first-order valence-corrected chi connectivity index (χ1v) is 6.88. The van der Waals surface area contributed by atoms with Crippen LogP contribution in [0.3, 0.4) is 0 Å². The van der Waals surface area contributed by atoms with Gasteiger partial charge in [-0.3, -0.25) is 4.79 Å². The molecule has 5 heteroatoms. The van der Waals surface area contributed by atoms with Crippen LogP contribution in [-0.2, 0) is 25.7 Å². The molecule has 0 fully saturated rings. The van der Waals surface area contributed by atoms with Crippen molar-refractivity contribution in [3.8, 4) is 0 Å². The molecule has 0 aliphatic rings. The fraction of sp³-hybridized carbons (Fsp3) is 0.467. The van der Waals surface area contributed by atoms with Crippen LogP contribution in [0.15, 0.2) is 30.3 Å². The minimum Gasteiger partial charge on any atom is -0.463 e. The second-order valence-corrected chi connectivity index (χ2v) is 5.00. The largest absolute Gasteiger partial charge is 0.463 e. The molecule has 0 aromatic heterocycles. The maximum Gasteiger partial charge on any atom is 0.347 e. The number of rotatable bonds is 7. The molecule has 1 aromatic rings. The first-order chi connectivity index (χ1) is 9.45. The summed E-state index contributed by atoms with van der Waals surface area (Å²) in [6.45, 7) is 5.33. The van der Waals surface area contributed by atoms with Gasteiger partial charge in [0.1, 0.15) is 0 Å². The van der Waals surface area contributed by atoms with Gasteiger partial charge in [0.15, 0.2) is 0 Å². The third kappa shape index (κ3) is 3.58. The molecule has 0 amide bonds. The second-order valence-electron chi connectivity index (χ2n) is 4.66. The van der Waals surface area contributed by atoms with E-state index in [1.54, 1.807) is 20.8 Å². The molecule has 110 valence electrons. The lowest BCUT2D eigenvalue weighted by Gasteiger charge is -2.31. The second kappa shape index (κ2) is 7.41. The van der Waals surface area contributed by atoms with Crippen LogP contribution in [0.2, 0.25) is 0 Å². The van der Waals surface area contributed by atoms with Gasteiger partial charge in [-0.25, -0.2) is 4.79 Å². The predicted molar refractivity (Wildman–Crippen MR) is 76.3 cm³/mol. The lowest BCUT2D eigenvalue weighted by molar-refractivity contribution is -0.182. The average molecular weight is 299 g/mol. The first kappa shape index (κ1) is 16.7. The molecule has 0 heterocycles. The molecule has 0 saturated heterocycles. The molecule has 1 atom stereocenters. The standard InChI is InChI=1S/C15H19ClO4/c1-4-19-14(18)15(11(2)3,13(16)17)20-10-12-8-6-5-7-9-12/h5-9,11H,4,10H2,1-3H3. The molecule has 0 spiro atoms. The van der Waals surface area contributed by atoms with Gasteiger partial charge in [0.05, 0.1) is 13.2 Å². The summed E-state index contributed by atoms with van der Waals surface area (Å²) >= 11 is 5.63. The average Bonchev–Trinajstić information content (AvgIpc) is 2.40. The smallest absolute Gasteiger partial charge is 0.347 e. The van der Waals surface area contributed by atoms with Crippen molar-refractivity contribution in [3.63, 3.8) is 0 Å². The molecule has 1 unspecified atom stereocenters. The highest BCUT2D eigenvalue weighted by Crippen LogP contribution is 2.28. The lowest BCUT2D eigenvalue weighted by Crippen LogP contribution is -2.52. The third-order valence-corrected chi connectivity index (χ3v) is 3.27. The molecular weight excluding hydrogens is 280 g/mol. The van der Waals surface area contributed by atoms with Crippen molar-refractivity contribution in [2.45, 2.75) is 33.0 Å². The van der Waals surface area contributed by atoms with E-state index in [2.05, 4.69) is 0 Å². The highest BCUT2D eigenvalue weighted by molar-refractivity contribution is 6.67. The summed E-state index contributed by atoms with van der Waals surface area (Å²) in [7, 11) is 0. The Morgan fingerprint density at radius 1 is 1.25 bits per heavy atom. The van der Waals surface area contributed by atoms with Crippen molar-refractivity contribution in [1.29, 1.82) is 0 Å². The number of hydrogen-bond donors (Lipinski definition) is 0. The minimum absolute atomic E-state index is 0.107. The monoisotopic (exact) mass is 298 g/mol. The van der Waals surface area contributed by atoms with E-state index >= 15 is 0 Å². The molecule has 4 nitrogen and oxygen atoms in total. The van der Waals surface area contributed by atoms with Gasteiger partial charge in [0.2, 0.25) is 5.60 Å². The van der Waals surface area contributed by atoms with Crippen molar-refractivity contribution in [3.05, 3.63) is 35.9 Å². The predicted octanol–water partition coefficient (Wildman–Crippen LogP) is 2.93. The van der Waals surface area contributed by atoms with Crippen molar-refractivity contribution in [1.82, 2.24) is 0 Å². The van der Waals surface area contributed by atoms with E-state index in [0.29, 0.717) is 0 Å². The Balaban J connectivity index is 2.98. The van der Waals surface area contributed by atoms with E-state index in [0.717, 1.165) is 5.56 Å². The number of carbonyl (C=O) groups is 2. The maximum atomic E-state index is 12.1. The van der Waals surface area contributed by atoms with Gasteiger partial charge in [-0.05, 0) is 24.1 Å². The van der Waals surface area contributed by atoms with E-state index in [1.165, 1.54) is 0 Å². The van der Waals surface area contributed by atoms with Crippen LogP contribution in [-0.4, -0.2) is 23.4 Å². The minimum atomic E-state index is -1.77. The molecule has 0 bridgehead atoms. The Hall–Kier alpha value is -1.39. The van der Waals surface area contributed by atoms with Crippen molar-refractivity contribution < 1.29 is 19.1 Å². The van der Waals surface area contributed by atoms with E-state index in [4.69, 9.17) is 21.1 Å². The fourth-order valence-corrected chi connectivity index (χ4v) is 2.18. The fourth-order valence-electron chi connectivity index (χ4n) is 1.83. The lowest BCUT2D eigenvalue weighted by atomic mass is 9.91. The van der Waals surface area contributed by atoms with E-state index in [9.17, 15) is 9.59 Å². The van der Waals surface area contributed by atoms with Crippen LogP contribution in [0, 0.1) is 5.92 Å². The normalized spacial score (nSPS) is 13.8. The van der Waals surface area contributed by atoms with Gasteiger partial charge in [-0.1, -0.05) is 44.2 Å². The van der Waals surface area contributed by atoms with Crippen LogP contribution < -0.4 is 0 Å². The molecule has 0 aliphatic carbocycles. The number of carbonyl (C=O) groups excluding carboxylic acids is 2. The zero-order valence-corrected chi connectivity index (χ0v) is 12.6. The molecule has 0 saturated carbocycles. The van der Waals surface area contributed by atoms with Gasteiger partial charge in [0, 0.05) is 5.92 Å². The van der Waals surface area contributed by atoms with Crippen molar-refractivity contribution in [2.24, 2.45) is 5.92 Å². The van der Waals surface area contributed by atoms with Gasteiger partial charge in [-0.2, -0.15) is 0 Å². The Kier molecular flexibility index (Phi) is 6.17. The first-order valence-electron chi connectivity index (χ1n) is 6.50. The number of hydrogen-bond acceptors (Lipinski definition) is 4. The quantitative estimate of drug-likeness (QED) is 0.441. The molecule has 0 N–H and O–H groups in total. The molecule has 0 aliphatic heterocycles. The molecule has 1 aromatic carbocycles. The summed E-state index contributed by atoms with van der Waals surface area (Å²) in [6, 6.07) is 9.26. The van der Waals surface area contributed by atoms with Crippen LogP contribution in [0.25, 0.3) is 0 Å². The molecular formula is C15H19ClO4. The van der Waals surface area contributed by atoms with Gasteiger partial charge in [0.25, 0.3) is 5.24 Å². The Morgan fingerprint density at radius 2 is 1.85 bits per heavy atom. The van der Waals surface area contributed by atoms with Crippen molar-refractivity contribution >= 4 is 22.8 Å². The van der Waals surface area contributed by atoms with E-state index in [1.807, 2.05) is 30.3 Å². The summed E-state index contributed by atoms with van der Waals surface area (Å²) in [5, 5.41) is -0.859. The number of halogens is 1. The van der Waals surface area contributed by atoms with Crippen LogP contribution >= 0.6 is 11.6 Å². The van der Waals surface area contributed by atoms with Crippen LogP contribution in [0.4, 0.5) is 0 Å². The summed E-state index contributed by atoms with van der Waals surface area (Å²) in [6.07, 6.45) is 0. The number of benzene rings is 1. The SMILES string of the molecule is CCOC(=O)C(OCc1ccccc1)(C(=O)Cl)C(C)C. The Bertz CT molecular complexity index is 458. The van der Waals surface area contributed by atoms with Crippen molar-refractivity contribution in [2.75, 3.05) is 6.61 Å². The third-order valence-electron chi connectivity index (χ3n) is 2.99. The summed E-state index contributed by atoms with van der Waals surface area (Å²) < 4.78 is 10.5. The number of ether oxygens (including phenoxy) is 2. The zero-order chi connectivity index (χ0) is 15.2. The highest BCUT2D eigenvalue weighted by Gasteiger charge is 2.50.